The van der Waals surface area contributed by atoms with Crippen molar-refractivity contribution in [3.8, 4) is 11.5 Å². The molecule has 8 nitrogen and oxygen atoms in total. The van der Waals surface area contributed by atoms with Crippen molar-refractivity contribution in [2.24, 2.45) is 0 Å². The lowest BCUT2D eigenvalue weighted by atomic mass is 10.0. The number of nitrogens with one attached hydrogen (secondary N) is 1. The molecule has 5 rings (SSSR count). The summed E-state index contributed by atoms with van der Waals surface area (Å²) in [5, 5.41) is 2.53. The second kappa shape index (κ2) is 8.49. The quantitative estimate of drug-likeness (QED) is 0.585. The summed E-state index contributed by atoms with van der Waals surface area (Å²) >= 11 is 0. The van der Waals surface area contributed by atoms with Crippen molar-refractivity contribution >= 4 is 21.7 Å². The second-order valence-electron chi connectivity index (χ2n) is 8.22. The van der Waals surface area contributed by atoms with E-state index in [0.29, 0.717) is 22.6 Å². The van der Waals surface area contributed by atoms with Crippen LogP contribution in [0.25, 0.3) is 0 Å². The van der Waals surface area contributed by atoms with Crippen molar-refractivity contribution in [1.29, 1.82) is 0 Å². The summed E-state index contributed by atoms with van der Waals surface area (Å²) in [6.07, 6.45) is 0. The maximum Gasteiger partial charge on any atom is 0.255 e. The first-order valence-electron chi connectivity index (χ1n) is 10.7. The minimum absolute atomic E-state index is 0.124. The highest BCUT2D eigenvalue weighted by atomic mass is 32.2. The molecule has 0 bridgehead atoms. The first kappa shape index (κ1) is 22.0. The Labute approximate surface area is 197 Å². The van der Waals surface area contributed by atoms with Gasteiger partial charge in [0.05, 0.1) is 4.90 Å². The summed E-state index contributed by atoms with van der Waals surface area (Å²) in [4.78, 5) is 28.0. The highest BCUT2D eigenvalue weighted by Crippen LogP contribution is 2.37. The zero-order valence-corrected chi connectivity index (χ0v) is 19.2. The van der Waals surface area contributed by atoms with Gasteiger partial charge in [-0.15, -0.1) is 0 Å². The molecule has 34 heavy (non-hydrogen) atoms. The van der Waals surface area contributed by atoms with Crippen molar-refractivity contribution < 1.29 is 27.5 Å². The van der Waals surface area contributed by atoms with Crippen LogP contribution >= 0.6 is 0 Å². The molecule has 2 aliphatic heterocycles. The molecule has 2 heterocycles. The first-order chi connectivity index (χ1) is 16.3. The first-order valence-corrected chi connectivity index (χ1v) is 12.3. The third-order valence-electron chi connectivity index (χ3n) is 5.91. The van der Waals surface area contributed by atoms with E-state index in [-0.39, 0.29) is 24.1 Å². The van der Waals surface area contributed by atoms with Gasteiger partial charge in [-0.2, -0.15) is 0 Å². The molecule has 3 aromatic rings. The van der Waals surface area contributed by atoms with Gasteiger partial charge >= 0.3 is 0 Å². The highest BCUT2D eigenvalue weighted by molar-refractivity contribution is 7.91. The van der Waals surface area contributed by atoms with Gasteiger partial charge in [0.25, 0.3) is 5.91 Å². The van der Waals surface area contributed by atoms with E-state index in [2.05, 4.69) is 5.32 Å². The molecule has 2 amide bonds. The smallest absolute Gasteiger partial charge is 0.255 e. The normalized spacial score (nSPS) is 16.4. The number of ether oxygens (including phenoxy) is 2. The minimum Gasteiger partial charge on any atom is -0.454 e. The standard InChI is InChI=1S/C25H22N2O6S/c1-16-6-9-18(10-7-16)34(30,31)14-26-24(28)23-19-4-2-3-5-20(19)25(29)27(23)13-17-8-11-21-22(12-17)33-15-32-21/h2-12,23H,13-15H2,1H3,(H,26,28). The Hall–Kier alpha value is -3.85. The van der Waals surface area contributed by atoms with Crippen LogP contribution in [0, 0.1) is 6.92 Å². The number of carbonyl (C=O) groups is 2. The van der Waals surface area contributed by atoms with Crippen LogP contribution in [0.1, 0.15) is 33.1 Å². The lowest BCUT2D eigenvalue weighted by Gasteiger charge is -2.25. The summed E-state index contributed by atoms with van der Waals surface area (Å²) in [7, 11) is -3.74. The number of sulfone groups is 1. The fourth-order valence-electron chi connectivity index (χ4n) is 4.14. The van der Waals surface area contributed by atoms with Gasteiger partial charge < -0.3 is 19.7 Å². The average Bonchev–Trinajstić information content (AvgIpc) is 3.40. The Morgan fingerprint density at radius 1 is 1.03 bits per heavy atom. The van der Waals surface area contributed by atoms with E-state index < -0.39 is 27.7 Å². The number of benzene rings is 3. The Balaban J connectivity index is 1.39. The number of fused-ring (bicyclic) bond motifs is 2. The Bertz CT molecular complexity index is 1380. The van der Waals surface area contributed by atoms with E-state index in [1.807, 2.05) is 6.92 Å². The predicted molar refractivity (Wildman–Crippen MR) is 123 cm³/mol. The van der Waals surface area contributed by atoms with E-state index >= 15 is 0 Å². The Kier molecular flexibility index (Phi) is 5.49. The van der Waals surface area contributed by atoms with Crippen LogP contribution in [0.4, 0.5) is 0 Å². The fraction of sp³-hybridized carbons (Fsp3) is 0.200. The van der Waals surface area contributed by atoms with Gasteiger partial charge in [0.2, 0.25) is 12.7 Å². The van der Waals surface area contributed by atoms with Gasteiger partial charge in [-0.25, -0.2) is 8.42 Å². The third-order valence-corrected chi connectivity index (χ3v) is 7.43. The van der Waals surface area contributed by atoms with Gasteiger partial charge in [-0.3, -0.25) is 9.59 Å². The topological polar surface area (TPSA) is 102 Å². The maximum absolute atomic E-state index is 13.3. The predicted octanol–water partition coefficient (Wildman–Crippen LogP) is 2.97. The number of hydrogen-bond acceptors (Lipinski definition) is 6. The second-order valence-corrected chi connectivity index (χ2v) is 10.2. The number of aryl methyl sites for hydroxylation is 1. The fourth-order valence-corrected chi connectivity index (χ4v) is 5.19. The number of carbonyl (C=O) groups excluding carboxylic acids is 2. The molecular formula is C25H22N2O6S. The van der Waals surface area contributed by atoms with Gasteiger partial charge in [0.1, 0.15) is 11.9 Å². The van der Waals surface area contributed by atoms with Crippen molar-refractivity contribution in [3.63, 3.8) is 0 Å². The molecule has 1 atom stereocenters. The summed E-state index contributed by atoms with van der Waals surface area (Å²) in [6, 6.07) is 17.7. The zero-order chi connectivity index (χ0) is 23.9. The van der Waals surface area contributed by atoms with E-state index in [4.69, 9.17) is 9.47 Å². The van der Waals surface area contributed by atoms with Crippen LogP contribution in [0.3, 0.4) is 0 Å². The monoisotopic (exact) mass is 478 g/mol. The summed E-state index contributed by atoms with van der Waals surface area (Å²) in [6.45, 7) is 2.14. The Morgan fingerprint density at radius 2 is 1.76 bits per heavy atom. The van der Waals surface area contributed by atoms with Gasteiger partial charge in [0, 0.05) is 12.1 Å². The SMILES string of the molecule is Cc1ccc(S(=O)(=O)CNC(=O)C2c3ccccc3C(=O)N2Cc2ccc3c(c2)OCO3)cc1. The third kappa shape index (κ3) is 3.99. The maximum atomic E-state index is 13.3. The highest BCUT2D eigenvalue weighted by Gasteiger charge is 2.41. The molecule has 0 radical (unpaired) electrons. The molecule has 0 fully saturated rings. The number of rotatable bonds is 6. The molecular weight excluding hydrogens is 456 g/mol. The van der Waals surface area contributed by atoms with Crippen LogP contribution in [0.15, 0.2) is 71.6 Å². The molecule has 0 aromatic heterocycles. The van der Waals surface area contributed by atoms with Crippen LogP contribution in [0.2, 0.25) is 0 Å². The molecule has 0 spiro atoms. The molecule has 0 saturated carbocycles. The van der Waals surface area contributed by atoms with Crippen LogP contribution in [0.5, 0.6) is 11.5 Å². The van der Waals surface area contributed by atoms with E-state index in [0.717, 1.165) is 11.1 Å². The van der Waals surface area contributed by atoms with Crippen LogP contribution in [-0.2, 0) is 21.2 Å². The average molecular weight is 479 g/mol. The lowest BCUT2D eigenvalue weighted by molar-refractivity contribution is -0.125. The zero-order valence-electron chi connectivity index (χ0n) is 18.4. The minimum atomic E-state index is -3.74. The summed E-state index contributed by atoms with van der Waals surface area (Å²) in [5.41, 5.74) is 2.65. The lowest BCUT2D eigenvalue weighted by Crippen LogP contribution is -2.40. The van der Waals surface area contributed by atoms with Crippen molar-refractivity contribution in [3.05, 3.63) is 89.0 Å². The molecule has 0 saturated heterocycles. The number of hydrogen-bond donors (Lipinski definition) is 1. The van der Waals surface area contributed by atoms with Crippen molar-refractivity contribution in [1.82, 2.24) is 10.2 Å². The van der Waals surface area contributed by atoms with Crippen molar-refractivity contribution in [2.75, 3.05) is 12.7 Å². The molecule has 3 aromatic carbocycles. The van der Waals surface area contributed by atoms with Crippen LogP contribution in [-0.4, -0.2) is 37.8 Å². The van der Waals surface area contributed by atoms with Gasteiger partial charge in [-0.1, -0.05) is 42.0 Å². The largest absolute Gasteiger partial charge is 0.454 e. The van der Waals surface area contributed by atoms with Gasteiger partial charge in [-0.05, 0) is 48.4 Å². The molecule has 0 aliphatic carbocycles. The summed E-state index contributed by atoms with van der Waals surface area (Å²) < 4.78 is 36.2. The Morgan fingerprint density at radius 3 is 2.56 bits per heavy atom. The molecule has 9 heteroatoms. The van der Waals surface area contributed by atoms with E-state index in [1.54, 1.807) is 54.6 Å². The molecule has 1 N–H and O–H groups in total. The molecule has 174 valence electrons. The summed E-state index contributed by atoms with van der Waals surface area (Å²) in [5.74, 6) is -0.230. The number of nitrogens with zero attached hydrogens (tertiary/aromatic N) is 1. The van der Waals surface area contributed by atoms with Gasteiger partial charge in [0.15, 0.2) is 21.3 Å². The van der Waals surface area contributed by atoms with Crippen LogP contribution < -0.4 is 14.8 Å². The molecule has 1 unspecified atom stereocenters. The molecule has 2 aliphatic rings. The van der Waals surface area contributed by atoms with Crippen molar-refractivity contribution in [2.45, 2.75) is 24.4 Å². The van der Waals surface area contributed by atoms with E-state index in [9.17, 15) is 18.0 Å². The van der Waals surface area contributed by atoms with E-state index in [1.165, 1.54) is 17.0 Å². The number of amides is 2.